The van der Waals surface area contributed by atoms with Crippen LogP contribution in [0.15, 0.2) is 0 Å². The van der Waals surface area contributed by atoms with E-state index in [9.17, 15) is 5.11 Å². The van der Waals surface area contributed by atoms with E-state index in [2.05, 4.69) is 0 Å². The fourth-order valence-electron chi connectivity index (χ4n) is 2.80. The molecule has 2 bridgehead atoms. The van der Waals surface area contributed by atoms with E-state index >= 15 is 0 Å². The zero-order valence-electron chi connectivity index (χ0n) is 7.62. The summed E-state index contributed by atoms with van der Waals surface area (Å²) < 4.78 is 10.8. The molecule has 3 unspecified atom stereocenters. The topological polar surface area (TPSA) is 38.7 Å². The van der Waals surface area contributed by atoms with Crippen LogP contribution >= 0.6 is 0 Å². The van der Waals surface area contributed by atoms with Crippen LogP contribution in [0.1, 0.15) is 19.3 Å². The van der Waals surface area contributed by atoms with E-state index in [1.165, 1.54) is 0 Å². The van der Waals surface area contributed by atoms with E-state index in [1.807, 2.05) is 0 Å². The van der Waals surface area contributed by atoms with Crippen LogP contribution in [0.4, 0.5) is 0 Å². The van der Waals surface area contributed by atoms with Gasteiger partial charge in [-0.3, -0.25) is 0 Å². The fourth-order valence-corrected chi connectivity index (χ4v) is 2.80. The minimum Gasteiger partial charge on any atom is -0.393 e. The van der Waals surface area contributed by atoms with Gasteiger partial charge in [-0.1, -0.05) is 0 Å². The van der Waals surface area contributed by atoms with E-state index in [0.717, 1.165) is 19.3 Å². The number of fused-ring (bicyclic) bond motifs is 2. The van der Waals surface area contributed by atoms with Gasteiger partial charge in [0.05, 0.1) is 6.10 Å². The van der Waals surface area contributed by atoms with Crippen LogP contribution in [0.2, 0.25) is 0 Å². The number of ether oxygens (including phenoxy) is 2. The largest absolute Gasteiger partial charge is 0.393 e. The summed E-state index contributed by atoms with van der Waals surface area (Å²) in [5, 5.41) is 9.53. The summed E-state index contributed by atoms with van der Waals surface area (Å²) in [7, 11) is 3.38. The molecule has 1 N–H and O–H groups in total. The second-order valence-electron chi connectivity index (χ2n) is 3.92. The Labute approximate surface area is 72.7 Å². The van der Waals surface area contributed by atoms with Gasteiger partial charge < -0.3 is 14.6 Å². The molecule has 2 fully saturated rings. The lowest BCUT2D eigenvalue weighted by molar-refractivity contribution is -0.241. The molecule has 3 nitrogen and oxygen atoms in total. The molecule has 2 aliphatic rings. The molecule has 0 amide bonds. The van der Waals surface area contributed by atoms with Crippen molar-refractivity contribution in [2.45, 2.75) is 31.2 Å². The summed E-state index contributed by atoms with van der Waals surface area (Å²) in [6, 6.07) is 0. The lowest BCUT2D eigenvalue weighted by atomic mass is 9.92. The number of hydrogen-bond donors (Lipinski definition) is 1. The van der Waals surface area contributed by atoms with Crippen molar-refractivity contribution in [3.05, 3.63) is 0 Å². The molecule has 2 aliphatic carbocycles. The molecular formula is C9H16O3. The molecule has 2 rings (SSSR count). The van der Waals surface area contributed by atoms with Crippen molar-refractivity contribution in [3.8, 4) is 0 Å². The fraction of sp³-hybridized carbons (Fsp3) is 1.00. The molecule has 0 saturated heterocycles. The highest BCUT2D eigenvalue weighted by atomic mass is 16.7. The van der Waals surface area contributed by atoms with Crippen molar-refractivity contribution in [2.75, 3.05) is 14.2 Å². The maximum absolute atomic E-state index is 9.53. The lowest BCUT2D eigenvalue weighted by Gasteiger charge is -2.36. The van der Waals surface area contributed by atoms with Crippen LogP contribution in [-0.4, -0.2) is 31.2 Å². The SMILES string of the molecule is COC1(OC)CC2CC1CC2O. The predicted molar refractivity (Wildman–Crippen MR) is 43.6 cm³/mol. The van der Waals surface area contributed by atoms with Gasteiger partial charge in [-0.25, -0.2) is 0 Å². The van der Waals surface area contributed by atoms with Crippen LogP contribution in [0.3, 0.4) is 0 Å². The molecule has 0 aromatic carbocycles. The number of methoxy groups -OCH3 is 2. The summed E-state index contributed by atoms with van der Waals surface area (Å²) in [4.78, 5) is 0. The third kappa shape index (κ3) is 0.934. The van der Waals surface area contributed by atoms with E-state index < -0.39 is 0 Å². The van der Waals surface area contributed by atoms with Crippen molar-refractivity contribution < 1.29 is 14.6 Å². The Morgan fingerprint density at radius 1 is 1.25 bits per heavy atom. The van der Waals surface area contributed by atoms with Crippen LogP contribution in [0, 0.1) is 11.8 Å². The van der Waals surface area contributed by atoms with Crippen LogP contribution in [0.25, 0.3) is 0 Å². The van der Waals surface area contributed by atoms with Gasteiger partial charge in [0.25, 0.3) is 0 Å². The molecular weight excluding hydrogens is 156 g/mol. The molecule has 70 valence electrons. The smallest absolute Gasteiger partial charge is 0.170 e. The number of aliphatic hydroxyl groups is 1. The monoisotopic (exact) mass is 172 g/mol. The van der Waals surface area contributed by atoms with Gasteiger partial charge >= 0.3 is 0 Å². The van der Waals surface area contributed by atoms with Crippen molar-refractivity contribution in [1.82, 2.24) is 0 Å². The van der Waals surface area contributed by atoms with Gasteiger partial charge in [-0.15, -0.1) is 0 Å². The Bertz CT molecular complexity index is 175. The van der Waals surface area contributed by atoms with Crippen LogP contribution in [-0.2, 0) is 9.47 Å². The minimum absolute atomic E-state index is 0.117. The number of rotatable bonds is 2. The molecule has 3 atom stereocenters. The Morgan fingerprint density at radius 2 is 1.92 bits per heavy atom. The molecule has 0 aromatic rings. The van der Waals surface area contributed by atoms with E-state index in [0.29, 0.717) is 11.8 Å². The highest BCUT2D eigenvalue weighted by molar-refractivity contribution is 5.00. The first kappa shape index (κ1) is 8.48. The van der Waals surface area contributed by atoms with Gasteiger partial charge in [-0.05, 0) is 18.8 Å². The molecule has 12 heavy (non-hydrogen) atoms. The Morgan fingerprint density at radius 3 is 2.25 bits per heavy atom. The summed E-state index contributed by atoms with van der Waals surface area (Å²) in [6.07, 6.45) is 2.63. The number of hydrogen-bond acceptors (Lipinski definition) is 3. The third-order valence-corrected chi connectivity index (χ3v) is 3.52. The second kappa shape index (κ2) is 2.69. The van der Waals surface area contributed by atoms with Gasteiger partial charge in [0, 0.05) is 26.6 Å². The Kier molecular flexibility index (Phi) is 1.90. The Balaban J connectivity index is 2.14. The van der Waals surface area contributed by atoms with Crippen molar-refractivity contribution >= 4 is 0 Å². The van der Waals surface area contributed by atoms with Crippen LogP contribution < -0.4 is 0 Å². The molecule has 2 saturated carbocycles. The second-order valence-corrected chi connectivity index (χ2v) is 3.92. The zero-order valence-corrected chi connectivity index (χ0v) is 7.62. The first-order valence-corrected chi connectivity index (χ1v) is 4.50. The molecule has 0 aliphatic heterocycles. The van der Waals surface area contributed by atoms with Gasteiger partial charge in [0.1, 0.15) is 0 Å². The van der Waals surface area contributed by atoms with E-state index in [1.54, 1.807) is 14.2 Å². The van der Waals surface area contributed by atoms with Gasteiger partial charge in [-0.2, -0.15) is 0 Å². The average molecular weight is 172 g/mol. The van der Waals surface area contributed by atoms with E-state index in [4.69, 9.17) is 9.47 Å². The summed E-state index contributed by atoms with van der Waals surface area (Å²) >= 11 is 0. The highest BCUT2D eigenvalue weighted by Gasteiger charge is 2.55. The molecule has 0 radical (unpaired) electrons. The summed E-state index contributed by atoms with van der Waals surface area (Å²) in [5.41, 5.74) is 0. The summed E-state index contributed by atoms with van der Waals surface area (Å²) in [5.74, 6) is 0.409. The quantitative estimate of drug-likeness (QED) is 0.625. The zero-order chi connectivity index (χ0) is 8.77. The minimum atomic E-state index is -0.385. The molecule has 0 aromatic heterocycles. The molecule has 3 heteroatoms. The molecule has 0 spiro atoms. The Hall–Kier alpha value is -0.120. The number of aliphatic hydroxyl groups excluding tert-OH is 1. The first-order valence-electron chi connectivity index (χ1n) is 4.50. The van der Waals surface area contributed by atoms with Gasteiger partial charge in [0.15, 0.2) is 5.79 Å². The maximum Gasteiger partial charge on any atom is 0.170 e. The van der Waals surface area contributed by atoms with Crippen molar-refractivity contribution in [3.63, 3.8) is 0 Å². The standard InChI is InChI=1S/C9H16O3/c1-11-9(12-2)5-6-3-7(9)4-8(6)10/h6-8,10H,3-5H2,1-2H3. The highest BCUT2D eigenvalue weighted by Crippen LogP contribution is 2.52. The van der Waals surface area contributed by atoms with Crippen molar-refractivity contribution in [2.24, 2.45) is 11.8 Å². The molecule has 0 heterocycles. The maximum atomic E-state index is 9.53. The average Bonchev–Trinajstić information content (AvgIpc) is 2.60. The predicted octanol–water partition coefficient (Wildman–Crippen LogP) is 0.766. The third-order valence-electron chi connectivity index (χ3n) is 3.52. The normalized spacial score (nSPS) is 43.8. The lowest BCUT2D eigenvalue weighted by Crippen LogP contribution is -2.42. The van der Waals surface area contributed by atoms with Crippen LogP contribution in [0.5, 0.6) is 0 Å². The van der Waals surface area contributed by atoms with Crippen molar-refractivity contribution in [1.29, 1.82) is 0 Å². The first-order chi connectivity index (χ1) is 5.72. The van der Waals surface area contributed by atoms with Gasteiger partial charge in [0.2, 0.25) is 0 Å². The summed E-state index contributed by atoms with van der Waals surface area (Å²) in [6.45, 7) is 0. The van der Waals surface area contributed by atoms with E-state index in [-0.39, 0.29) is 11.9 Å².